The Balaban J connectivity index is 1.98. The average Bonchev–Trinajstić information content (AvgIpc) is 2.55. The lowest BCUT2D eigenvalue weighted by molar-refractivity contribution is -0.0519. The molecule has 0 N–H and O–H groups in total. The van der Waals surface area contributed by atoms with E-state index in [4.69, 9.17) is 9.47 Å². The quantitative estimate of drug-likeness (QED) is 0.680. The second-order valence-corrected chi connectivity index (χ2v) is 5.35. The highest BCUT2D eigenvalue weighted by atomic mass is 16.7. The molecule has 2 unspecified atom stereocenters. The second kappa shape index (κ2) is 7.84. The molecule has 0 fully saturated rings. The smallest absolute Gasteiger partial charge is 0.203 e. The van der Waals surface area contributed by atoms with Gasteiger partial charge in [-0.3, -0.25) is 0 Å². The van der Waals surface area contributed by atoms with E-state index in [0.717, 1.165) is 18.6 Å². The van der Waals surface area contributed by atoms with Gasteiger partial charge in [0.2, 0.25) is 6.29 Å². The van der Waals surface area contributed by atoms with Crippen LogP contribution < -0.4 is 4.74 Å². The molecule has 2 heteroatoms. The first-order chi connectivity index (χ1) is 10.2. The summed E-state index contributed by atoms with van der Waals surface area (Å²) in [5.74, 6) is 1.44. The second-order valence-electron chi connectivity index (χ2n) is 5.35. The molecule has 0 bridgehead atoms. The van der Waals surface area contributed by atoms with Gasteiger partial charge in [-0.05, 0) is 35.6 Å². The molecule has 0 spiro atoms. The Hall–Kier alpha value is -1.80. The molecule has 0 aliphatic heterocycles. The lowest BCUT2D eigenvalue weighted by Gasteiger charge is -2.18. The summed E-state index contributed by atoms with van der Waals surface area (Å²) >= 11 is 0. The Bertz CT molecular complexity index is 519. The van der Waals surface area contributed by atoms with Crippen molar-refractivity contribution < 1.29 is 9.47 Å². The van der Waals surface area contributed by atoms with Gasteiger partial charge in [0.15, 0.2) is 0 Å². The van der Waals surface area contributed by atoms with Gasteiger partial charge >= 0.3 is 0 Å². The maximum atomic E-state index is 5.91. The van der Waals surface area contributed by atoms with E-state index >= 15 is 0 Å². The summed E-state index contributed by atoms with van der Waals surface area (Å²) < 4.78 is 11.3. The largest absolute Gasteiger partial charge is 0.465 e. The summed E-state index contributed by atoms with van der Waals surface area (Å²) in [6.07, 6.45) is 1.63. The summed E-state index contributed by atoms with van der Waals surface area (Å²) in [7, 11) is 1.68. The van der Waals surface area contributed by atoms with E-state index in [1.54, 1.807) is 7.11 Å². The van der Waals surface area contributed by atoms with Crippen molar-refractivity contribution in [1.82, 2.24) is 0 Å². The summed E-state index contributed by atoms with van der Waals surface area (Å²) in [6.45, 7) is 4.44. The van der Waals surface area contributed by atoms with Crippen molar-refractivity contribution in [1.29, 1.82) is 0 Å². The standard InChI is InChI=1S/C19H24O2/c1-4-15(2)17-10-12-18(13-11-17)21-19(20-3)14-16-8-6-5-7-9-16/h5-13,15,19H,4,14H2,1-3H3. The molecule has 0 saturated carbocycles. The van der Waals surface area contributed by atoms with Gasteiger partial charge in [0.1, 0.15) is 5.75 Å². The maximum absolute atomic E-state index is 5.91. The summed E-state index contributed by atoms with van der Waals surface area (Å²) in [5.41, 5.74) is 2.56. The highest BCUT2D eigenvalue weighted by Crippen LogP contribution is 2.22. The third-order valence-corrected chi connectivity index (χ3v) is 3.84. The highest BCUT2D eigenvalue weighted by Gasteiger charge is 2.10. The molecular formula is C19H24O2. The van der Waals surface area contributed by atoms with Crippen LogP contribution in [0.3, 0.4) is 0 Å². The average molecular weight is 284 g/mol. The Labute approximate surface area is 127 Å². The fraction of sp³-hybridized carbons (Fsp3) is 0.368. The van der Waals surface area contributed by atoms with E-state index < -0.39 is 0 Å². The zero-order chi connectivity index (χ0) is 15.1. The SMILES string of the molecule is CCC(C)c1ccc(OC(Cc2ccccc2)OC)cc1. The van der Waals surface area contributed by atoms with E-state index in [1.165, 1.54) is 11.1 Å². The molecule has 0 aromatic heterocycles. The van der Waals surface area contributed by atoms with E-state index in [0.29, 0.717) is 5.92 Å². The molecule has 2 nitrogen and oxygen atoms in total. The fourth-order valence-electron chi connectivity index (χ4n) is 2.24. The van der Waals surface area contributed by atoms with Crippen molar-refractivity contribution in [3.05, 3.63) is 65.7 Å². The van der Waals surface area contributed by atoms with Crippen LogP contribution in [0.1, 0.15) is 37.3 Å². The molecule has 112 valence electrons. The normalized spacial score (nSPS) is 13.7. The minimum absolute atomic E-state index is 0.262. The topological polar surface area (TPSA) is 18.5 Å². The van der Waals surface area contributed by atoms with Crippen molar-refractivity contribution in [2.24, 2.45) is 0 Å². The molecule has 2 aromatic carbocycles. The van der Waals surface area contributed by atoms with Crippen LogP contribution in [-0.4, -0.2) is 13.4 Å². The number of methoxy groups -OCH3 is 1. The van der Waals surface area contributed by atoms with Gasteiger partial charge in [0.05, 0.1) is 0 Å². The molecule has 21 heavy (non-hydrogen) atoms. The molecule has 0 radical (unpaired) electrons. The molecule has 2 aromatic rings. The van der Waals surface area contributed by atoms with E-state index in [9.17, 15) is 0 Å². The lowest BCUT2D eigenvalue weighted by atomic mass is 9.99. The zero-order valence-electron chi connectivity index (χ0n) is 13.1. The Morgan fingerprint density at radius 3 is 2.19 bits per heavy atom. The minimum atomic E-state index is -0.262. The zero-order valence-corrected chi connectivity index (χ0v) is 13.1. The Kier molecular flexibility index (Phi) is 5.82. The Morgan fingerprint density at radius 2 is 1.62 bits per heavy atom. The van der Waals surface area contributed by atoms with E-state index in [1.807, 2.05) is 30.3 Å². The van der Waals surface area contributed by atoms with Gasteiger partial charge in [0.25, 0.3) is 0 Å². The monoisotopic (exact) mass is 284 g/mol. The molecule has 2 atom stereocenters. The van der Waals surface area contributed by atoms with Gasteiger partial charge in [-0.15, -0.1) is 0 Å². The van der Waals surface area contributed by atoms with Gasteiger partial charge in [-0.1, -0.05) is 56.3 Å². The molecule has 2 rings (SSSR count). The van der Waals surface area contributed by atoms with Crippen LogP contribution in [0.2, 0.25) is 0 Å². The number of benzene rings is 2. The van der Waals surface area contributed by atoms with Gasteiger partial charge in [-0.2, -0.15) is 0 Å². The van der Waals surface area contributed by atoms with Gasteiger partial charge in [0, 0.05) is 13.5 Å². The summed E-state index contributed by atoms with van der Waals surface area (Å²) in [5, 5.41) is 0. The highest BCUT2D eigenvalue weighted by molar-refractivity contribution is 5.29. The molecule has 0 aliphatic carbocycles. The van der Waals surface area contributed by atoms with Crippen LogP contribution in [0.4, 0.5) is 0 Å². The van der Waals surface area contributed by atoms with Crippen LogP contribution >= 0.6 is 0 Å². The molecular weight excluding hydrogens is 260 g/mol. The predicted molar refractivity (Wildman–Crippen MR) is 86.7 cm³/mol. The summed E-state index contributed by atoms with van der Waals surface area (Å²) in [4.78, 5) is 0. The molecule has 0 saturated heterocycles. The van der Waals surface area contributed by atoms with E-state index in [2.05, 4.69) is 38.1 Å². The van der Waals surface area contributed by atoms with Crippen molar-refractivity contribution in [3.63, 3.8) is 0 Å². The number of ether oxygens (including phenoxy) is 2. The summed E-state index contributed by atoms with van der Waals surface area (Å²) in [6, 6.07) is 18.6. The van der Waals surface area contributed by atoms with Crippen molar-refractivity contribution in [2.75, 3.05) is 7.11 Å². The first-order valence-electron chi connectivity index (χ1n) is 7.56. The molecule has 0 heterocycles. The van der Waals surface area contributed by atoms with Gasteiger partial charge in [-0.25, -0.2) is 0 Å². The maximum Gasteiger partial charge on any atom is 0.203 e. The third kappa shape index (κ3) is 4.61. The van der Waals surface area contributed by atoms with Crippen LogP contribution in [0.5, 0.6) is 5.75 Å². The van der Waals surface area contributed by atoms with Crippen LogP contribution in [0.15, 0.2) is 54.6 Å². The molecule has 0 aliphatic rings. The van der Waals surface area contributed by atoms with E-state index in [-0.39, 0.29) is 6.29 Å². The third-order valence-electron chi connectivity index (χ3n) is 3.84. The van der Waals surface area contributed by atoms with Crippen molar-refractivity contribution in [3.8, 4) is 5.75 Å². The first-order valence-corrected chi connectivity index (χ1v) is 7.56. The van der Waals surface area contributed by atoms with Crippen LogP contribution in [0, 0.1) is 0 Å². The van der Waals surface area contributed by atoms with Gasteiger partial charge < -0.3 is 9.47 Å². The predicted octanol–water partition coefficient (Wildman–Crippen LogP) is 4.79. The van der Waals surface area contributed by atoms with Crippen LogP contribution in [-0.2, 0) is 11.2 Å². The fourth-order valence-corrected chi connectivity index (χ4v) is 2.24. The van der Waals surface area contributed by atoms with Crippen molar-refractivity contribution >= 4 is 0 Å². The van der Waals surface area contributed by atoms with Crippen molar-refractivity contribution in [2.45, 2.75) is 38.9 Å². The number of hydrogen-bond acceptors (Lipinski definition) is 2. The Morgan fingerprint density at radius 1 is 0.952 bits per heavy atom. The minimum Gasteiger partial charge on any atom is -0.465 e. The molecule has 0 amide bonds. The van der Waals surface area contributed by atoms with Crippen LogP contribution in [0.25, 0.3) is 0 Å². The lowest BCUT2D eigenvalue weighted by Crippen LogP contribution is -2.21. The number of rotatable bonds is 7. The number of hydrogen-bond donors (Lipinski definition) is 0. The first kappa shape index (κ1) is 15.6.